The largest absolute Gasteiger partial charge is 0.368 e. The number of piperidine rings is 1. The fourth-order valence-electron chi connectivity index (χ4n) is 2.53. The van der Waals surface area contributed by atoms with Crippen LogP contribution in [-0.4, -0.2) is 24.9 Å². The van der Waals surface area contributed by atoms with E-state index < -0.39 is 0 Å². The van der Waals surface area contributed by atoms with Crippen LogP contribution in [0.25, 0.3) is 0 Å². The van der Waals surface area contributed by atoms with Crippen molar-refractivity contribution in [2.45, 2.75) is 37.2 Å². The van der Waals surface area contributed by atoms with Crippen LogP contribution in [0, 0.1) is 5.92 Å². The summed E-state index contributed by atoms with van der Waals surface area (Å²) in [6.45, 7) is 5.62. The Labute approximate surface area is 109 Å². The number of nitrogens with two attached hydrogens (primary N) is 1. The lowest BCUT2D eigenvalue weighted by Gasteiger charge is -2.42. The molecule has 2 rings (SSSR count). The van der Waals surface area contributed by atoms with Crippen molar-refractivity contribution in [1.29, 1.82) is 0 Å². The Kier molecular flexibility index (Phi) is 4.00. The summed E-state index contributed by atoms with van der Waals surface area (Å²) in [5, 5.41) is 0. The molecule has 3 atom stereocenters. The summed E-state index contributed by atoms with van der Waals surface area (Å²) in [5.41, 5.74) is 7.45. The summed E-state index contributed by atoms with van der Waals surface area (Å²) >= 11 is 1.79. The summed E-state index contributed by atoms with van der Waals surface area (Å²) in [5.74, 6) is 0.559. The van der Waals surface area contributed by atoms with Crippen molar-refractivity contribution in [2.75, 3.05) is 17.7 Å². The Bertz CT molecular complexity index is 363. The van der Waals surface area contributed by atoms with Crippen molar-refractivity contribution in [3.8, 4) is 0 Å². The van der Waals surface area contributed by atoms with E-state index in [0.717, 1.165) is 13.0 Å². The molecular weight excluding hydrogens is 228 g/mol. The van der Waals surface area contributed by atoms with Crippen molar-refractivity contribution in [3.63, 3.8) is 0 Å². The smallest absolute Gasteiger partial charge is 0.0369 e. The zero-order chi connectivity index (χ0) is 12.4. The molecule has 17 heavy (non-hydrogen) atoms. The van der Waals surface area contributed by atoms with E-state index in [1.54, 1.807) is 11.8 Å². The van der Waals surface area contributed by atoms with Gasteiger partial charge >= 0.3 is 0 Å². The maximum Gasteiger partial charge on any atom is 0.0369 e. The molecule has 2 N–H and O–H groups in total. The molecule has 0 radical (unpaired) electrons. The highest BCUT2D eigenvalue weighted by atomic mass is 32.2. The molecule has 0 amide bonds. The molecule has 0 aliphatic carbocycles. The van der Waals surface area contributed by atoms with E-state index in [1.807, 2.05) is 0 Å². The Hall–Kier alpha value is -0.670. The molecule has 3 unspecified atom stereocenters. The average molecular weight is 250 g/mol. The van der Waals surface area contributed by atoms with Gasteiger partial charge in [-0.3, -0.25) is 0 Å². The Morgan fingerprint density at radius 1 is 1.24 bits per heavy atom. The third-order valence-corrected chi connectivity index (χ3v) is 4.78. The van der Waals surface area contributed by atoms with Gasteiger partial charge in [-0.25, -0.2) is 0 Å². The molecule has 1 aromatic rings. The standard InChI is InChI=1S/C14H22N2S/c1-10-11(2)16(9-8-14(10)15)12-4-6-13(17-3)7-5-12/h4-7,10-11,14H,8-9,15H2,1-3H3. The number of hydrogen-bond donors (Lipinski definition) is 1. The Morgan fingerprint density at radius 2 is 1.88 bits per heavy atom. The monoisotopic (exact) mass is 250 g/mol. The predicted octanol–water partition coefficient (Wildman–Crippen LogP) is 2.97. The van der Waals surface area contributed by atoms with Crippen LogP contribution in [0.4, 0.5) is 5.69 Å². The van der Waals surface area contributed by atoms with E-state index in [4.69, 9.17) is 5.73 Å². The van der Waals surface area contributed by atoms with Crippen LogP contribution in [0.3, 0.4) is 0 Å². The molecule has 1 fully saturated rings. The van der Waals surface area contributed by atoms with E-state index in [1.165, 1.54) is 10.6 Å². The van der Waals surface area contributed by atoms with Gasteiger partial charge in [0, 0.05) is 29.2 Å². The maximum atomic E-state index is 6.12. The minimum absolute atomic E-state index is 0.353. The van der Waals surface area contributed by atoms with E-state index in [2.05, 4.69) is 49.3 Å². The molecule has 1 heterocycles. The number of anilines is 1. The molecule has 0 bridgehead atoms. The zero-order valence-electron chi connectivity index (χ0n) is 10.9. The van der Waals surface area contributed by atoms with Gasteiger partial charge < -0.3 is 10.6 Å². The van der Waals surface area contributed by atoms with Gasteiger partial charge in [0.05, 0.1) is 0 Å². The van der Waals surface area contributed by atoms with Gasteiger partial charge in [-0.05, 0) is 49.8 Å². The Morgan fingerprint density at radius 3 is 2.47 bits per heavy atom. The first-order valence-corrected chi connectivity index (χ1v) is 7.52. The second kappa shape index (κ2) is 5.32. The van der Waals surface area contributed by atoms with Crippen molar-refractivity contribution in [3.05, 3.63) is 24.3 Å². The van der Waals surface area contributed by atoms with Crippen LogP contribution in [0.1, 0.15) is 20.3 Å². The van der Waals surface area contributed by atoms with Crippen molar-refractivity contribution < 1.29 is 0 Å². The minimum atomic E-state index is 0.353. The number of nitrogens with zero attached hydrogens (tertiary/aromatic N) is 1. The highest BCUT2D eigenvalue weighted by Crippen LogP contribution is 2.29. The highest BCUT2D eigenvalue weighted by molar-refractivity contribution is 7.98. The SMILES string of the molecule is CSc1ccc(N2CCC(N)C(C)C2C)cc1. The molecule has 94 valence electrons. The lowest BCUT2D eigenvalue weighted by Crippen LogP contribution is -2.51. The number of benzene rings is 1. The molecule has 1 saturated heterocycles. The summed E-state index contributed by atoms with van der Waals surface area (Å²) in [6, 6.07) is 9.74. The summed E-state index contributed by atoms with van der Waals surface area (Å²) < 4.78 is 0. The van der Waals surface area contributed by atoms with Crippen LogP contribution < -0.4 is 10.6 Å². The van der Waals surface area contributed by atoms with E-state index >= 15 is 0 Å². The van der Waals surface area contributed by atoms with Crippen LogP contribution in [-0.2, 0) is 0 Å². The molecule has 1 aliphatic heterocycles. The van der Waals surface area contributed by atoms with E-state index in [-0.39, 0.29) is 0 Å². The molecule has 0 spiro atoms. The molecule has 3 heteroatoms. The lowest BCUT2D eigenvalue weighted by molar-refractivity contribution is 0.315. The topological polar surface area (TPSA) is 29.3 Å². The number of hydrogen-bond acceptors (Lipinski definition) is 3. The molecule has 1 aromatic carbocycles. The summed E-state index contributed by atoms with van der Waals surface area (Å²) in [7, 11) is 0. The van der Waals surface area contributed by atoms with Crippen LogP contribution in [0.15, 0.2) is 29.2 Å². The molecule has 0 saturated carbocycles. The lowest BCUT2D eigenvalue weighted by atomic mass is 9.87. The van der Waals surface area contributed by atoms with E-state index in [0.29, 0.717) is 18.0 Å². The van der Waals surface area contributed by atoms with Crippen LogP contribution in [0.2, 0.25) is 0 Å². The fourth-order valence-corrected chi connectivity index (χ4v) is 2.94. The number of rotatable bonds is 2. The van der Waals surface area contributed by atoms with Gasteiger partial charge in [0.1, 0.15) is 0 Å². The van der Waals surface area contributed by atoms with E-state index in [9.17, 15) is 0 Å². The van der Waals surface area contributed by atoms with Gasteiger partial charge in [0.2, 0.25) is 0 Å². The van der Waals surface area contributed by atoms with Crippen molar-refractivity contribution in [1.82, 2.24) is 0 Å². The second-order valence-electron chi connectivity index (χ2n) is 4.94. The third kappa shape index (κ3) is 2.61. The van der Waals surface area contributed by atoms with Crippen molar-refractivity contribution >= 4 is 17.4 Å². The zero-order valence-corrected chi connectivity index (χ0v) is 11.7. The summed E-state index contributed by atoms with van der Waals surface area (Å²) in [6.07, 6.45) is 3.20. The van der Waals surface area contributed by atoms with Crippen LogP contribution in [0.5, 0.6) is 0 Å². The fraction of sp³-hybridized carbons (Fsp3) is 0.571. The van der Waals surface area contributed by atoms with Crippen LogP contribution >= 0.6 is 11.8 Å². The highest BCUT2D eigenvalue weighted by Gasteiger charge is 2.30. The summed E-state index contributed by atoms with van der Waals surface area (Å²) in [4.78, 5) is 3.81. The molecule has 1 aliphatic rings. The third-order valence-electron chi connectivity index (χ3n) is 4.04. The first-order valence-electron chi connectivity index (χ1n) is 6.29. The van der Waals surface area contributed by atoms with Gasteiger partial charge in [-0.15, -0.1) is 11.8 Å². The minimum Gasteiger partial charge on any atom is -0.368 e. The quantitative estimate of drug-likeness (QED) is 0.818. The normalized spacial score (nSPS) is 29.4. The first-order chi connectivity index (χ1) is 8.13. The first kappa shape index (κ1) is 12.8. The molecular formula is C14H22N2S. The Balaban J connectivity index is 2.16. The van der Waals surface area contributed by atoms with Crippen molar-refractivity contribution in [2.24, 2.45) is 11.7 Å². The predicted molar refractivity (Wildman–Crippen MR) is 76.8 cm³/mol. The molecule has 0 aromatic heterocycles. The van der Waals surface area contributed by atoms with Gasteiger partial charge in [-0.2, -0.15) is 0 Å². The second-order valence-corrected chi connectivity index (χ2v) is 5.82. The van der Waals surface area contributed by atoms with Gasteiger partial charge in [0.15, 0.2) is 0 Å². The number of thioether (sulfide) groups is 1. The molecule has 2 nitrogen and oxygen atoms in total. The van der Waals surface area contributed by atoms with Gasteiger partial charge in [0.25, 0.3) is 0 Å². The maximum absolute atomic E-state index is 6.12. The average Bonchev–Trinajstić information content (AvgIpc) is 2.36. The van der Waals surface area contributed by atoms with Gasteiger partial charge in [-0.1, -0.05) is 6.92 Å².